The molecule has 0 atom stereocenters. The largest absolute Gasteiger partial charge is 0.0984 e. The lowest BCUT2D eigenvalue weighted by atomic mass is 10.0. The molecule has 0 bridgehead atoms. The Bertz CT molecular complexity index is 321. The molecule has 0 aliphatic rings. The summed E-state index contributed by atoms with van der Waals surface area (Å²) < 4.78 is 0. The second-order valence-electron chi connectivity index (χ2n) is 3.48. The van der Waals surface area contributed by atoms with Crippen molar-refractivity contribution in [2.24, 2.45) is 0 Å². The topological polar surface area (TPSA) is 0 Å². The second-order valence-corrected chi connectivity index (χ2v) is 3.48. The van der Waals surface area contributed by atoms with Crippen molar-refractivity contribution in [2.75, 3.05) is 0 Å². The Labute approximate surface area is 87.0 Å². The normalized spacial score (nSPS) is 9.79. The highest BCUT2D eigenvalue weighted by molar-refractivity contribution is 5.64. The van der Waals surface area contributed by atoms with Crippen LogP contribution in [0.1, 0.15) is 36.5 Å². The Hall–Kier alpha value is -1.30. The Morgan fingerprint density at radius 1 is 1.14 bits per heavy atom. The van der Waals surface area contributed by atoms with Crippen LogP contribution < -0.4 is 0 Å². The first-order valence-electron chi connectivity index (χ1n) is 5.19. The summed E-state index contributed by atoms with van der Waals surface area (Å²) in [6, 6.07) is 6.51. The van der Waals surface area contributed by atoms with Gasteiger partial charge in [-0.1, -0.05) is 56.9 Å². The molecular weight excluding hydrogens is 168 g/mol. The molecule has 0 heteroatoms. The van der Waals surface area contributed by atoms with Crippen LogP contribution in [0.3, 0.4) is 0 Å². The van der Waals surface area contributed by atoms with Gasteiger partial charge in [0.2, 0.25) is 0 Å². The average Bonchev–Trinajstić information content (AvgIpc) is 2.25. The number of aryl methyl sites for hydroxylation is 1. The van der Waals surface area contributed by atoms with E-state index in [9.17, 15) is 0 Å². The Kier molecular flexibility index (Phi) is 4.18. The first kappa shape index (κ1) is 10.8. The molecule has 0 spiro atoms. The van der Waals surface area contributed by atoms with E-state index < -0.39 is 0 Å². The number of unbranched alkanes of at least 4 members (excludes halogenated alkanes) is 1. The molecule has 0 radical (unpaired) electrons. The van der Waals surface area contributed by atoms with Crippen LogP contribution >= 0.6 is 0 Å². The Morgan fingerprint density at radius 2 is 1.86 bits per heavy atom. The Morgan fingerprint density at radius 3 is 2.43 bits per heavy atom. The van der Waals surface area contributed by atoms with Crippen LogP contribution in [0.4, 0.5) is 0 Å². The third-order valence-corrected chi connectivity index (χ3v) is 2.41. The molecule has 0 aliphatic heterocycles. The van der Waals surface area contributed by atoms with Crippen LogP contribution in [-0.4, -0.2) is 0 Å². The van der Waals surface area contributed by atoms with Crippen LogP contribution in [0.25, 0.3) is 12.2 Å². The van der Waals surface area contributed by atoms with Crippen molar-refractivity contribution in [3.63, 3.8) is 0 Å². The van der Waals surface area contributed by atoms with Gasteiger partial charge in [0.1, 0.15) is 0 Å². The third kappa shape index (κ3) is 2.59. The molecule has 14 heavy (non-hydrogen) atoms. The Balaban J connectivity index is 2.89. The highest BCUT2D eigenvalue weighted by atomic mass is 14.0. The van der Waals surface area contributed by atoms with Gasteiger partial charge >= 0.3 is 0 Å². The molecule has 1 aromatic carbocycles. The maximum absolute atomic E-state index is 3.81. The summed E-state index contributed by atoms with van der Waals surface area (Å²) in [5.41, 5.74) is 3.75. The zero-order chi connectivity index (χ0) is 10.4. The lowest BCUT2D eigenvalue weighted by molar-refractivity contribution is 0.795. The molecule has 0 saturated carbocycles. The summed E-state index contributed by atoms with van der Waals surface area (Å²) in [5.74, 6) is 0. The van der Waals surface area contributed by atoms with E-state index in [4.69, 9.17) is 0 Å². The van der Waals surface area contributed by atoms with Crippen molar-refractivity contribution in [1.29, 1.82) is 0 Å². The smallest absolute Gasteiger partial charge is 0.0187 e. The minimum atomic E-state index is 1.16. The van der Waals surface area contributed by atoms with E-state index in [0.29, 0.717) is 0 Å². The van der Waals surface area contributed by atoms with Crippen molar-refractivity contribution in [3.05, 3.63) is 48.0 Å². The van der Waals surface area contributed by atoms with Crippen molar-refractivity contribution in [1.82, 2.24) is 0 Å². The van der Waals surface area contributed by atoms with E-state index in [0.717, 1.165) is 6.42 Å². The fourth-order valence-corrected chi connectivity index (χ4v) is 1.52. The maximum atomic E-state index is 3.81. The summed E-state index contributed by atoms with van der Waals surface area (Å²) in [7, 11) is 0. The van der Waals surface area contributed by atoms with Gasteiger partial charge in [-0.3, -0.25) is 0 Å². The van der Waals surface area contributed by atoms with E-state index in [2.05, 4.69) is 38.3 Å². The lowest BCUT2D eigenvalue weighted by Gasteiger charge is -2.05. The number of benzene rings is 1. The van der Waals surface area contributed by atoms with Crippen LogP contribution in [0.15, 0.2) is 31.4 Å². The molecule has 0 aliphatic carbocycles. The van der Waals surface area contributed by atoms with Gasteiger partial charge in [-0.15, -0.1) is 0 Å². The van der Waals surface area contributed by atoms with E-state index in [1.807, 2.05) is 12.2 Å². The molecule has 1 aromatic rings. The first-order valence-corrected chi connectivity index (χ1v) is 5.19. The molecule has 0 heterocycles. The third-order valence-electron chi connectivity index (χ3n) is 2.41. The van der Waals surface area contributed by atoms with E-state index in [1.54, 1.807) is 0 Å². The van der Waals surface area contributed by atoms with Gasteiger partial charge in [-0.05, 0) is 29.5 Å². The number of hydrogen-bond acceptors (Lipinski definition) is 0. The average molecular weight is 186 g/mol. The van der Waals surface area contributed by atoms with Gasteiger partial charge in [-0.2, -0.15) is 0 Å². The first-order chi connectivity index (χ1) is 6.81. The number of hydrogen-bond donors (Lipinski definition) is 0. The van der Waals surface area contributed by atoms with Crippen molar-refractivity contribution < 1.29 is 0 Å². The van der Waals surface area contributed by atoms with E-state index in [-0.39, 0.29) is 0 Å². The lowest BCUT2D eigenvalue weighted by Crippen LogP contribution is -1.88. The fraction of sp³-hybridized carbons (Fsp3) is 0.286. The number of rotatable bonds is 5. The van der Waals surface area contributed by atoms with Gasteiger partial charge < -0.3 is 0 Å². The molecule has 0 fully saturated rings. The standard InChI is InChI=1S/C14H18/c1-4-7-8-12-9-10-13(5-2)14(6-3)11-12/h5-6,9-11H,2-4,7-8H2,1H3. The van der Waals surface area contributed by atoms with Gasteiger partial charge in [0.05, 0.1) is 0 Å². The maximum Gasteiger partial charge on any atom is -0.0187 e. The second kappa shape index (κ2) is 5.43. The molecule has 74 valence electrons. The van der Waals surface area contributed by atoms with Crippen molar-refractivity contribution in [2.45, 2.75) is 26.2 Å². The van der Waals surface area contributed by atoms with Gasteiger partial charge in [0, 0.05) is 0 Å². The SMILES string of the molecule is C=Cc1ccc(CCCC)cc1C=C. The summed E-state index contributed by atoms with van der Waals surface area (Å²) in [6.45, 7) is 9.81. The van der Waals surface area contributed by atoms with Crippen molar-refractivity contribution >= 4 is 12.2 Å². The van der Waals surface area contributed by atoms with Gasteiger partial charge in [0.25, 0.3) is 0 Å². The summed E-state index contributed by atoms with van der Waals surface area (Å²) >= 11 is 0. The quantitative estimate of drug-likeness (QED) is 0.642. The predicted octanol–water partition coefficient (Wildman–Crippen LogP) is 4.32. The minimum Gasteiger partial charge on any atom is -0.0984 e. The van der Waals surface area contributed by atoms with Crippen LogP contribution in [0.5, 0.6) is 0 Å². The van der Waals surface area contributed by atoms with E-state index >= 15 is 0 Å². The highest BCUT2D eigenvalue weighted by Crippen LogP contribution is 2.16. The van der Waals surface area contributed by atoms with Crippen molar-refractivity contribution in [3.8, 4) is 0 Å². The van der Waals surface area contributed by atoms with Gasteiger partial charge in [0.15, 0.2) is 0 Å². The molecule has 0 N–H and O–H groups in total. The molecule has 0 unspecified atom stereocenters. The molecule has 0 aromatic heterocycles. The minimum absolute atomic E-state index is 1.16. The monoisotopic (exact) mass is 186 g/mol. The summed E-state index contributed by atoms with van der Waals surface area (Å²) in [5, 5.41) is 0. The molecule has 0 nitrogen and oxygen atoms in total. The van der Waals surface area contributed by atoms with Crippen LogP contribution in [0, 0.1) is 0 Å². The summed E-state index contributed by atoms with van der Waals surface area (Å²) in [4.78, 5) is 0. The molecular formula is C14H18. The zero-order valence-electron chi connectivity index (χ0n) is 8.92. The molecule has 1 rings (SSSR count). The summed E-state index contributed by atoms with van der Waals surface area (Å²) in [6.07, 6.45) is 7.43. The van der Waals surface area contributed by atoms with Crippen LogP contribution in [-0.2, 0) is 6.42 Å². The molecule has 0 saturated heterocycles. The fourth-order valence-electron chi connectivity index (χ4n) is 1.52. The predicted molar refractivity (Wildman–Crippen MR) is 65.2 cm³/mol. The zero-order valence-corrected chi connectivity index (χ0v) is 8.92. The van der Waals surface area contributed by atoms with E-state index in [1.165, 1.54) is 29.5 Å². The van der Waals surface area contributed by atoms with Gasteiger partial charge in [-0.25, -0.2) is 0 Å². The highest BCUT2D eigenvalue weighted by Gasteiger charge is 1.97. The van der Waals surface area contributed by atoms with Crippen LogP contribution in [0.2, 0.25) is 0 Å². The molecule has 0 amide bonds.